The molecule has 29 heavy (non-hydrogen) atoms. The predicted octanol–water partition coefficient (Wildman–Crippen LogP) is 4.84. The Morgan fingerprint density at radius 1 is 1.28 bits per heavy atom. The molecule has 2 aromatic heterocycles. The van der Waals surface area contributed by atoms with E-state index in [1.54, 1.807) is 16.9 Å². The van der Waals surface area contributed by atoms with E-state index < -0.39 is 13.2 Å². The highest BCUT2D eigenvalue weighted by atomic mass is 28.4. The Balaban J connectivity index is 2.15. The standard InChI is InChI=1S/C20H32N4O4Si/c1-8-16-18(24(25)26)19(22-23(16)17-11-9-12-21-15(17)2)27-13-10-14-28-29(6,7)20(3,4)5/h9,11-12H,8,10,13-14H2,1-7H3. The lowest BCUT2D eigenvalue weighted by Crippen LogP contribution is -2.41. The number of hydrogen-bond acceptors (Lipinski definition) is 6. The van der Waals surface area contributed by atoms with Crippen LogP contribution in [0.25, 0.3) is 5.69 Å². The smallest absolute Gasteiger partial charge is 0.353 e. The van der Waals surface area contributed by atoms with Gasteiger partial charge in [0.1, 0.15) is 5.69 Å². The zero-order valence-corrected chi connectivity index (χ0v) is 19.5. The van der Waals surface area contributed by atoms with Gasteiger partial charge in [0.2, 0.25) is 0 Å². The van der Waals surface area contributed by atoms with Gasteiger partial charge in [-0.1, -0.05) is 27.7 Å². The Kier molecular flexibility index (Phi) is 7.18. The molecule has 0 radical (unpaired) electrons. The van der Waals surface area contributed by atoms with Gasteiger partial charge in [-0.05, 0) is 43.6 Å². The number of ether oxygens (including phenoxy) is 1. The second-order valence-corrected chi connectivity index (χ2v) is 13.4. The lowest BCUT2D eigenvalue weighted by molar-refractivity contribution is -0.386. The van der Waals surface area contributed by atoms with Crippen molar-refractivity contribution in [3.8, 4) is 11.6 Å². The van der Waals surface area contributed by atoms with Crippen molar-refractivity contribution in [2.45, 2.75) is 65.6 Å². The molecular weight excluding hydrogens is 388 g/mol. The van der Waals surface area contributed by atoms with E-state index in [1.807, 2.05) is 19.9 Å². The zero-order valence-electron chi connectivity index (χ0n) is 18.5. The molecule has 0 amide bonds. The highest BCUT2D eigenvalue weighted by molar-refractivity contribution is 6.74. The van der Waals surface area contributed by atoms with Crippen LogP contribution in [0.1, 0.15) is 45.5 Å². The quantitative estimate of drug-likeness (QED) is 0.249. The molecule has 0 fully saturated rings. The van der Waals surface area contributed by atoms with Crippen molar-refractivity contribution < 1.29 is 14.1 Å². The van der Waals surface area contributed by atoms with E-state index in [0.717, 1.165) is 5.69 Å². The van der Waals surface area contributed by atoms with Crippen LogP contribution in [0.15, 0.2) is 18.3 Å². The molecule has 0 aliphatic carbocycles. The molecule has 0 bridgehead atoms. The first-order valence-electron chi connectivity index (χ1n) is 9.94. The van der Waals surface area contributed by atoms with Crippen LogP contribution >= 0.6 is 0 Å². The number of nitrogens with zero attached hydrogens (tertiary/aromatic N) is 4. The summed E-state index contributed by atoms with van der Waals surface area (Å²) in [5.41, 5.74) is 1.87. The molecule has 0 aromatic carbocycles. The third-order valence-electron chi connectivity index (χ3n) is 5.44. The van der Waals surface area contributed by atoms with Gasteiger partial charge < -0.3 is 9.16 Å². The van der Waals surface area contributed by atoms with Crippen LogP contribution in [0.2, 0.25) is 18.1 Å². The lowest BCUT2D eigenvalue weighted by Gasteiger charge is -2.36. The first kappa shape index (κ1) is 23.0. The Morgan fingerprint density at radius 2 is 1.97 bits per heavy atom. The summed E-state index contributed by atoms with van der Waals surface area (Å²) in [5.74, 6) is 0.0439. The average molecular weight is 421 g/mol. The minimum Gasteiger partial charge on any atom is -0.472 e. The van der Waals surface area contributed by atoms with E-state index in [2.05, 4.69) is 43.9 Å². The van der Waals surface area contributed by atoms with E-state index >= 15 is 0 Å². The minimum absolute atomic E-state index is 0.0439. The predicted molar refractivity (Wildman–Crippen MR) is 115 cm³/mol. The van der Waals surface area contributed by atoms with Crippen LogP contribution in [-0.2, 0) is 10.8 Å². The SMILES string of the molecule is CCc1c([N+](=O)[O-])c(OCCCO[Si](C)(C)C(C)(C)C)nn1-c1cccnc1C. The molecule has 0 aliphatic heterocycles. The second kappa shape index (κ2) is 9.04. The highest BCUT2D eigenvalue weighted by Gasteiger charge is 2.37. The number of aromatic nitrogens is 3. The molecule has 0 unspecified atom stereocenters. The van der Waals surface area contributed by atoms with Gasteiger partial charge in [-0.3, -0.25) is 15.1 Å². The van der Waals surface area contributed by atoms with Gasteiger partial charge >= 0.3 is 11.6 Å². The topological polar surface area (TPSA) is 92.3 Å². The Morgan fingerprint density at radius 3 is 2.52 bits per heavy atom. The van der Waals surface area contributed by atoms with Crippen molar-refractivity contribution in [2.24, 2.45) is 0 Å². The maximum Gasteiger partial charge on any atom is 0.353 e. The van der Waals surface area contributed by atoms with Crippen LogP contribution in [0.4, 0.5) is 5.69 Å². The summed E-state index contributed by atoms with van der Waals surface area (Å²) >= 11 is 0. The fourth-order valence-electron chi connectivity index (χ4n) is 2.69. The average Bonchev–Trinajstić information content (AvgIpc) is 2.99. The summed E-state index contributed by atoms with van der Waals surface area (Å²) in [6.07, 6.45) is 2.78. The molecule has 9 heteroatoms. The van der Waals surface area contributed by atoms with E-state index in [-0.39, 0.29) is 16.6 Å². The van der Waals surface area contributed by atoms with Crippen molar-refractivity contribution in [3.63, 3.8) is 0 Å². The van der Waals surface area contributed by atoms with Gasteiger partial charge in [0, 0.05) is 19.2 Å². The van der Waals surface area contributed by atoms with Crippen molar-refractivity contribution >= 4 is 14.0 Å². The molecule has 2 aromatic rings. The first-order chi connectivity index (χ1) is 13.5. The summed E-state index contributed by atoms with van der Waals surface area (Å²) < 4.78 is 13.4. The number of aryl methyl sites for hydroxylation is 1. The summed E-state index contributed by atoms with van der Waals surface area (Å²) in [6.45, 7) is 15.6. The van der Waals surface area contributed by atoms with E-state index in [0.29, 0.717) is 37.4 Å². The van der Waals surface area contributed by atoms with E-state index in [1.165, 1.54) is 0 Å². The molecule has 0 spiro atoms. The monoisotopic (exact) mass is 420 g/mol. The Hall–Kier alpha value is -2.26. The second-order valence-electron chi connectivity index (χ2n) is 8.54. The van der Waals surface area contributed by atoms with Crippen molar-refractivity contribution in [1.29, 1.82) is 0 Å². The summed E-state index contributed by atoms with van der Waals surface area (Å²) in [6, 6.07) is 3.63. The first-order valence-corrected chi connectivity index (χ1v) is 12.9. The van der Waals surface area contributed by atoms with Crippen molar-refractivity contribution in [2.75, 3.05) is 13.2 Å². The Labute approximate surface area is 173 Å². The van der Waals surface area contributed by atoms with Crippen LogP contribution in [0.5, 0.6) is 5.88 Å². The molecule has 0 atom stereocenters. The molecule has 160 valence electrons. The molecule has 2 rings (SSSR count). The van der Waals surface area contributed by atoms with Gasteiger partial charge in [-0.15, -0.1) is 5.10 Å². The van der Waals surface area contributed by atoms with Gasteiger partial charge in [0.25, 0.3) is 0 Å². The van der Waals surface area contributed by atoms with Gasteiger partial charge in [-0.25, -0.2) is 4.68 Å². The molecule has 0 N–H and O–H groups in total. The van der Waals surface area contributed by atoms with Gasteiger partial charge in [0.15, 0.2) is 8.32 Å². The van der Waals surface area contributed by atoms with E-state index in [9.17, 15) is 10.1 Å². The largest absolute Gasteiger partial charge is 0.472 e. The van der Waals surface area contributed by atoms with Crippen LogP contribution in [0, 0.1) is 17.0 Å². The molecular formula is C20H32N4O4Si. The summed E-state index contributed by atoms with van der Waals surface area (Å²) in [5, 5.41) is 16.2. The van der Waals surface area contributed by atoms with Gasteiger partial charge in [-0.2, -0.15) is 0 Å². The molecule has 2 heterocycles. The number of pyridine rings is 1. The molecule has 8 nitrogen and oxygen atoms in total. The minimum atomic E-state index is -1.81. The fourth-order valence-corrected chi connectivity index (χ4v) is 3.78. The maximum absolute atomic E-state index is 11.7. The van der Waals surface area contributed by atoms with Crippen molar-refractivity contribution in [1.82, 2.24) is 14.8 Å². The highest BCUT2D eigenvalue weighted by Crippen LogP contribution is 2.37. The lowest BCUT2D eigenvalue weighted by atomic mass is 10.2. The summed E-state index contributed by atoms with van der Waals surface area (Å²) in [4.78, 5) is 15.5. The molecule has 0 saturated carbocycles. The van der Waals surface area contributed by atoms with E-state index in [4.69, 9.17) is 9.16 Å². The number of nitro groups is 1. The third kappa shape index (κ3) is 5.21. The zero-order chi connectivity index (χ0) is 21.8. The third-order valence-corrected chi connectivity index (χ3v) is 9.98. The van der Waals surface area contributed by atoms with Crippen LogP contribution < -0.4 is 4.74 Å². The Bertz CT molecular complexity index is 859. The van der Waals surface area contributed by atoms with Crippen LogP contribution in [-0.4, -0.2) is 41.2 Å². The van der Waals surface area contributed by atoms with Crippen LogP contribution in [0.3, 0.4) is 0 Å². The van der Waals surface area contributed by atoms with Crippen molar-refractivity contribution in [3.05, 3.63) is 39.8 Å². The number of rotatable bonds is 9. The summed E-state index contributed by atoms with van der Waals surface area (Å²) in [7, 11) is -1.81. The number of hydrogen-bond donors (Lipinski definition) is 0. The maximum atomic E-state index is 11.7. The molecule has 0 saturated heterocycles. The molecule has 0 aliphatic rings. The fraction of sp³-hybridized carbons (Fsp3) is 0.600. The van der Waals surface area contributed by atoms with Gasteiger partial charge in [0.05, 0.1) is 22.9 Å². The normalized spacial score (nSPS) is 12.2.